The number of fused-ring (bicyclic) bond motifs is 2. The van der Waals surface area contributed by atoms with Gasteiger partial charge in [0, 0.05) is 43.5 Å². The number of carbonyl (C=O) groups excluding carboxylic acids is 1. The van der Waals surface area contributed by atoms with Gasteiger partial charge in [0.1, 0.15) is 13.2 Å². The third kappa shape index (κ3) is 4.02. The molecule has 0 atom stereocenters. The number of para-hydroxylation sites is 1. The third-order valence-corrected chi connectivity index (χ3v) is 6.81. The first-order valence-corrected chi connectivity index (χ1v) is 12.5. The van der Waals surface area contributed by atoms with Crippen LogP contribution in [0.25, 0.3) is 22.3 Å². The summed E-state index contributed by atoms with van der Waals surface area (Å²) >= 11 is 0. The van der Waals surface area contributed by atoms with Crippen LogP contribution < -0.4 is 14.4 Å². The van der Waals surface area contributed by atoms with E-state index in [1.165, 1.54) is 5.69 Å². The fourth-order valence-electron chi connectivity index (χ4n) is 4.90. The molecule has 0 saturated carbocycles. The molecule has 36 heavy (non-hydrogen) atoms. The van der Waals surface area contributed by atoms with E-state index in [-0.39, 0.29) is 11.9 Å². The number of nitrogens with zero attached hydrogens (tertiary/aromatic N) is 5. The van der Waals surface area contributed by atoms with E-state index in [2.05, 4.69) is 36.0 Å². The Labute approximate surface area is 210 Å². The Bertz CT molecular complexity index is 1410. The molecule has 0 radical (unpaired) electrons. The van der Waals surface area contributed by atoms with Crippen molar-refractivity contribution < 1.29 is 14.3 Å². The van der Waals surface area contributed by atoms with Crippen molar-refractivity contribution in [2.24, 2.45) is 0 Å². The van der Waals surface area contributed by atoms with Crippen LogP contribution in [0.5, 0.6) is 11.5 Å². The summed E-state index contributed by atoms with van der Waals surface area (Å²) in [5.74, 6) is 1.44. The van der Waals surface area contributed by atoms with Gasteiger partial charge in [-0.05, 0) is 50.2 Å². The molecule has 2 aromatic carbocycles. The normalized spacial score (nSPS) is 15.5. The number of carbonyl (C=O) groups is 1. The van der Waals surface area contributed by atoms with E-state index in [1.807, 2.05) is 52.0 Å². The lowest BCUT2D eigenvalue weighted by atomic mass is 10.0. The second-order valence-electron chi connectivity index (χ2n) is 9.45. The van der Waals surface area contributed by atoms with Crippen LogP contribution in [0.15, 0.2) is 60.8 Å². The molecular weight excluding hydrogens is 454 g/mol. The number of amides is 1. The molecule has 0 bridgehead atoms. The molecule has 6 rings (SSSR count). The van der Waals surface area contributed by atoms with Crippen molar-refractivity contribution in [3.8, 4) is 22.8 Å². The van der Waals surface area contributed by atoms with Gasteiger partial charge in [-0.1, -0.05) is 18.2 Å². The van der Waals surface area contributed by atoms with E-state index in [4.69, 9.17) is 14.5 Å². The van der Waals surface area contributed by atoms with Gasteiger partial charge in [0.2, 0.25) is 0 Å². The van der Waals surface area contributed by atoms with Crippen LogP contribution in [0.1, 0.15) is 30.2 Å². The Balaban J connectivity index is 1.35. The second-order valence-corrected chi connectivity index (χ2v) is 9.45. The third-order valence-electron chi connectivity index (χ3n) is 6.81. The van der Waals surface area contributed by atoms with Gasteiger partial charge in [0.25, 0.3) is 5.91 Å². The fourth-order valence-corrected chi connectivity index (χ4v) is 4.90. The van der Waals surface area contributed by atoms with Crippen LogP contribution in [-0.2, 0) is 0 Å². The van der Waals surface area contributed by atoms with Crippen LogP contribution >= 0.6 is 0 Å². The van der Waals surface area contributed by atoms with Crippen molar-refractivity contribution in [3.63, 3.8) is 0 Å². The molecule has 8 nitrogen and oxygen atoms in total. The first-order chi connectivity index (χ1) is 17.6. The molecule has 1 fully saturated rings. The Kier molecular flexibility index (Phi) is 5.71. The van der Waals surface area contributed by atoms with Crippen LogP contribution in [0, 0.1) is 0 Å². The summed E-state index contributed by atoms with van der Waals surface area (Å²) < 4.78 is 13.3. The quantitative estimate of drug-likeness (QED) is 0.428. The molecule has 8 heteroatoms. The highest BCUT2D eigenvalue weighted by atomic mass is 16.6. The topological polar surface area (TPSA) is 72.7 Å². The summed E-state index contributed by atoms with van der Waals surface area (Å²) in [6.45, 7) is 8.10. The van der Waals surface area contributed by atoms with Gasteiger partial charge in [-0.25, -0.2) is 9.67 Å². The minimum Gasteiger partial charge on any atom is -0.486 e. The number of rotatable bonds is 4. The Hall–Kier alpha value is -4.07. The first-order valence-electron chi connectivity index (χ1n) is 12.5. The van der Waals surface area contributed by atoms with Crippen molar-refractivity contribution in [1.82, 2.24) is 19.7 Å². The molecule has 0 N–H and O–H groups in total. The largest absolute Gasteiger partial charge is 0.486 e. The molecule has 184 valence electrons. The molecule has 2 aliphatic heterocycles. The van der Waals surface area contributed by atoms with Gasteiger partial charge in [0.05, 0.1) is 22.8 Å². The van der Waals surface area contributed by atoms with Gasteiger partial charge < -0.3 is 19.3 Å². The number of ether oxygens (including phenoxy) is 2. The van der Waals surface area contributed by atoms with Crippen LogP contribution in [0.4, 0.5) is 5.69 Å². The summed E-state index contributed by atoms with van der Waals surface area (Å²) in [7, 11) is 0. The summed E-state index contributed by atoms with van der Waals surface area (Å²) in [6, 6.07) is 18.2. The van der Waals surface area contributed by atoms with Crippen LogP contribution in [0.3, 0.4) is 0 Å². The smallest absolute Gasteiger partial charge is 0.254 e. The summed E-state index contributed by atoms with van der Waals surface area (Å²) in [5.41, 5.74) is 4.12. The SMILES string of the molecule is CC(C)n1ncc2c(C(=O)N3CCN(c4ccccc4)CC3)cc(-c3ccc4c(c3)OCCO4)nc21. The molecule has 0 aliphatic carbocycles. The minimum atomic E-state index is 0.0113. The Morgan fingerprint density at radius 1 is 0.917 bits per heavy atom. The van der Waals surface area contributed by atoms with Gasteiger partial charge in [-0.15, -0.1) is 0 Å². The average molecular weight is 484 g/mol. The standard InChI is InChI=1S/C28H29N5O3/c1-19(2)33-27-23(18-29-33)22(17-24(30-27)20-8-9-25-26(16-20)36-15-14-35-25)28(34)32-12-10-31(11-13-32)21-6-4-3-5-7-21/h3-9,16-19H,10-15H2,1-2H3. The number of pyridine rings is 1. The van der Waals surface area contributed by atoms with E-state index in [1.54, 1.807) is 6.20 Å². The second kappa shape index (κ2) is 9.18. The zero-order valence-corrected chi connectivity index (χ0v) is 20.6. The number of anilines is 1. The molecule has 4 heterocycles. The highest BCUT2D eigenvalue weighted by molar-refractivity contribution is 6.06. The van der Waals surface area contributed by atoms with Crippen LogP contribution in [-0.4, -0.2) is 65.0 Å². The van der Waals surface area contributed by atoms with Crippen molar-refractivity contribution in [2.45, 2.75) is 19.9 Å². The number of aromatic nitrogens is 3. The molecule has 0 spiro atoms. The lowest BCUT2D eigenvalue weighted by Gasteiger charge is -2.36. The predicted molar refractivity (Wildman–Crippen MR) is 139 cm³/mol. The van der Waals surface area contributed by atoms with E-state index >= 15 is 0 Å². The monoisotopic (exact) mass is 483 g/mol. The van der Waals surface area contributed by atoms with E-state index in [0.717, 1.165) is 29.8 Å². The molecule has 2 aromatic heterocycles. The molecule has 1 saturated heterocycles. The summed E-state index contributed by atoms with van der Waals surface area (Å²) in [5, 5.41) is 5.35. The number of piperazine rings is 1. The van der Waals surface area contributed by atoms with E-state index in [9.17, 15) is 4.79 Å². The van der Waals surface area contributed by atoms with Gasteiger partial charge in [-0.2, -0.15) is 5.10 Å². The highest BCUT2D eigenvalue weighted by Gasteiger charge is 2.26. The highest BCUT2D eigenvalue weighted by Crippen LogP contribution is 2.35. The summed E-state index contributed by atoms with van der Waals surface area (Å²) in [4.78, 5) is 23.1. The lowest BCUT2D eigenvalue weighted by molar-refractivity contribution is 0.0748. The lowest BCUT2D eigenvalue weighted by Crippen LogP contribution is -2.48. The maximum atomic E-state index is 13.9. The Morgan fingerprint density at radius 3 is 2.42 bits per heavy atom. The van der Waals surface area contributed by atoms with Gasteiger partial charge in [0.15, 0.2) is 17.1 Å². The van der Waals surface area contributed by atoms with E-state index < -0.39 is 0 Å². The average Bonchev–Trinajstić information content (AvgIpc) is 3.37. The first kappa shape index (κ1) is 22.4. The number of hydrogen-bond donors (Lipinski definition) is 0. The number of hydrogen-bond acceptors (Lipinski definition) is 6. The fraction of sp³-hybridized carbons (Fsp3) is 0.321. The molecule has 4 aromatic rings. The van der Waals surface area contributed by atoms with Crippen molar-refractivity contribution in [2.75, 3.05) is 44.3 Å². The van der Waals surface area contributed by atoms with Crippen molar-refractivity contribution in [1.29, 1.82) is 0 Å². The van der Waals surface area contributed by atoms with Crippen LogP contribution in [0.2, 0.25) is 0 Å². The molecule has 1 amide bonds. The predicted octanol–water partition coefficient (Wildman–Crippen LogP) is 4.41. The van der Waals surface area contributed by atoms with E-state index in [0.29, 0.717) is 49.0 Å². The zero-order chi connectivity index (χ0) is 24.6. The number of benzene rings is 2. The maximum absolute atomic E-state index is 13.9. The molecule has 2 aliphatic rings. The zero-order valence-electron chi connectivity index (χ0n) is 20.6. The van der Waals surface area contributed by atoms with Crippen molar-refractivity contribution in [3.05, 3.63) is 66.4 Å². The minimum absolute atomic E-state index is 0.0113. The van der Waals surface area contributed by atoms with Gasteiger partial charge >= 0.3 is 0 Å². The van der Waals surface area contributed by atoms with Gasteiger partial charge in [-0.3, -0.25) is 4.79 Å². The maximum Gasteiger partial charge on any atom is 0.254 e. The summed E-state index contributed by atoms with van der Waals surface area (Å²) in [6.07, 6.45) is 1.77. The molecular formula is C28H29N5O3. The molecule has 0 unspecified atom stereocenters. The Morgan fingerprint density at radius 2 is 1.67 bits per heavy atom. The van der Waals surface area contributed by atoms with Crippen molar-refractivity contribution >= 4 is 22.6 Å².